The van der Waals surface area contributed by atoms with Crippen LogP contribution in [0.1, 0.15) is 9.30 Å². The van der Waals surface area contributed by atoms with Gasteiger partial charge in [0, 0.05) is 11.6 Å². The molecule has 0 radical (unpaired) electrons. The van der Waals surface area contributed by atoms with E-state index in [4.69, 9.17) is 4.42 Å². The topological polar surface area (TPSA) is 30.2 Å². The third kappa shape index (κ3) is 2.58. The van der Waals surface area contributed by atoms with E-state index in [1.807, 2.05) is 42.5 Å². The molecule has 0 saturated heterocycles. The van der Waals surface area contributed by atoms with Crippen LogP contribution in [0.25, 0.3) is 22.3 Å². The molecule has 3 rings (SSSR count). The molecule has 1 aromatic heterocycles. The van der Waals surface area contributed by atoms with E-state index < -0.39 is 0 Å². The number of halogens is 2. The van der Waals surface area contributed by atoms with E-state index >= 15 is 0 Å². The number of para-hydroxylation sites is 1. The summed E-state index contributed by atoms with van der Waals surface area (Å²) in [5, 5.41) is 0.605. The Morgan fingerprint density at radius 2 is 1.65 bits per heavy atom. The van der Waals surface area contributed by atoms with E-state index in [9.17, 15) is 4.79 Å². The zero-order valence-electron chi connectivity index (χ0n) is 10.3. The van der Waals surface area contributed by atoms with Gasteiger partial charge in [-0.1, -0.05) is 68.3 Å². The first kappa shape index (κ1) is 13.6. The van der Waals surface area contributed by atoms with E-state index in [1.165, 1.54) is 6.07 Å². The summed E-state index contributed by atoms with van der Waals surface area (Å²) < 4.78 is 5.92. The zero-order chi connectivity index (χ0) is 14.1. The van der Waals surface area contributed by atoms with Crippen molar-refractivity contribution in [2.45, 2.75) is 3.74 Å². The van der Waals surface area contributed by atoms with Gasteiger partial charge in [0.05, 0.1) is 9.12 Å². The molecule has 0 amide bonds. The highest BCUT2D eigenvalue weighted by atomic mass is 79.9. The molecule has 20 heavy (non-hydrogen) atoms. The van der Waals surface area contributed by atoms with Crippen LogP contribution in [0.3, 0.4) is 0 Å². The maximum Gasteiger partial charge on any atom is 0.193 e. The van der Waals surface area contributed by atoms with Crippen molar-refractivity contribution in [3.8, 4) is 11.3 Å². The monoisotopic (exact) mass is 392 g/mol. The predicted octanol–water partition coefficient (Wildman–Crippen LogP) is 5.25. The fourth-order valence-corrected chi connectivity index (χ4v) is 2.65. The summed E-state index contributed by atoms with van der Waals surface area (Å²) in [7, 11) is 0. The van der Waals surface area contributed by atoms with E-state index in [0.29, 0.717) is 16.7 Å². The van der Waals surface area contributed by atoms with Crippen LogP contribution >= 0.6 is 31.9 Å². The highest BCUT2D eigenvalue weighted by Crippen LogP contribution is 2.31. The second kappa shape index (κ2) is 5.54. The van der Waals surface area contributed by atoms with Gasteiger partial charge in [0.15, 0.2) is 5.43 Å². The SMILES string of the molecule is O=c1cc(-c2ccc(C(Br)Br)cc2)oc2ccccc12. The lowest BCUT2D eigenvalue weighted by molar-refractivity contribution is 0.619. The van der Waals surface area contributed by atoms with Crippen molar-refractivity contribution < 1.29 is 4.42 Å². The van der Waals surface area contributed by atoms with Crippen LogP contribution in [0.15, 0.2) is 63.8 Å². The third-order valence-electron chi connectivity index (χ3n) is 3.08. The molecule has 4 heteroatoms. The van der Waals surface area contributed by atoms with Crippen molar-refractivity contribution in [2.75, 3.05) is 0 Å². The van der Waals surface area contributed by atoms with Crippen molar-refractivity contribution >= 4 is 42.8 Å². The highest BCUT2D eigenvalue weighted by Gasteiger charge is 2.07. The van der Waals surface area contributed by atoms with Crippen molar-refractivity contribution in [3.05, 3.63) is 70.4 Å². The molecule has 0 aliphatic heterocycles. The van der Waals surface area contributed by atoms with Crippen LogP contribution < -0.4 is 5.43 Å². The Morgan fingerprint density at radius 3 is 2.35 bits per heavy atom. The predicted molar refractivity (Wildman–Crippen MR) is 88.5 cm³/mol. The van der Waals surface area contributed by atoms with Gasteiger partial charge in [0.2, 0.25) is 0 Å². The first-order valence-corrected chi connectivity index (χ1v) is 7.89. The second-order valence-corrected chi connectivity index (χ2v) is 7.45. The number of fused-ring (bicyclic) bond motifs is 1. The molecule has 100 valence electrons. The average molecular weight is 394 g/mol. The molecule has 0 aliphatic rings. The minimum absolute atomic E-state index is 0.0233. The number of hydrogen-bond acceptors (Lipinski definition) is 2. The second-order valence-electron chi connectivity index (χ2n) is 4.39. The largest absolute Gasteiger partial charge is 0.456 e. The average Bonchev–Trinajstić information content (AvgIpc) is 2.47. The molecule has 3 aromatic rings. The molecule has 0 saturated carbocycles. The molecule has 2 aromatic carbocycles. The van der Waals surface area contributed by atoms with Gasteiger partial charge in [-0.3, -0.25) is 4.79 Å². The number of rotatable bonds is 2. The summed E-state index contributed by atoms with van der Waals surface area (Å²) in [5.74, 6) is 0.584. The fourth-order valence-electron chi connectivity index (χ4n) is 2.04. The van der Waals surface area contributed by atoms with Gasteiger partial charge in [-0.15, -0.1) is 0 Å². The zero-order valence-corrected chi connectivity index (χ0v) is 13.5. The van der Waals surface area contributed by atoms with Gasteiger partial charge >= 0.3 is 0 Å². The van der Waals surface area contributed by atoms with Gasteiger partial charge in [0.25, 0.3) is 0 Å². The van der Waals surface area contributed by atoms with Gasteiger partial charge < -0.3 is 4.42 Å². The molecule has 0 fully saturated rings. The first-order chi connectivity index (χ1) is 9.65. The van der Waals surface area contributed by atoms with Crippen LogP contribution in [0.4, 0.5) is 0 Å². The van der Waals surface area contributed by atoms with Crippen LogP contribution in [0.2, 0.25) is 0 Å². The van der Waals surface area contributed by atoms with Crippen molar-refractivity contribution in [3.63, 3.8) is 0 Å². The van der Waals surface area contributed by atoms with Crippen LogP contribution in [0, 0.1) is 0 Å². The lowest BCUT2D eigenvalue weighted by atomic mass is 10.1. The summed E-state index contributed by atoms with van der Waals surface area (Å²) >= 11 is 6.90. The maximum atomic E-state index is 12.1. The molecule has 2 nitrogen and oxygen atoms in total. The first-order valence-electron chi connectivity index (χ1n) is 6.06. The maximum absolute atomic E-state index is 12.1. The Balaban J connectivity index is 2.12. The lowest BCUT2D eigenvalue weighted by Gasteiger charge is -2.05. The van der Waals surface area contributed by atoms with Gasteiger partial charge in [-0.2, -0.15) is 0 Å². The van der Waals surface area contributed by atoms with E-state index in [1.54, 1.807) is 6.07 Å². The molecule has 1 heterocycles. The van der Waals surface area contributed by atoms with Crippen LogP contribution in [0.5, 0.6) is 0 Å². The van der Waals surface area contributed by atoms with Crippen molar-refractivity contribution in [2.24, 2.45) is 0 Å². The Bertz CT molecular complexity index is 805. The van der Waals surface area contributed by atoms with Gasteiger partial charge in [-0.25, -0.2) is 0 Å². The lowest BCUT2D eigenvalue weighted by Crippen LogP contribution is -1.99. The third-order valence-corrected chi connectivity index (χ3v) is 4.14. The smallest absolute Gasteiger partial charge is 0.193 e. The Kier molecular flexibility index (Phi) is 3.76. The normalized spacial score (nSPS) is 11.2. The summed E-state index contributed by atoms with van der Waals surface area (Å²) in [4.78, 5) is 12.1. The molecule has 0 bridgehead atoms. The van der Waals surface area contributed by atoms with E-state index in [0.717, 1.165) is 11.1 Å². The van der Waals surface area contributed by atoms with Gasteiger partial charge in [-0.05, 0) is 17.7 Å². The van der Waals surface area contributed by atoms with Crippen molar-refractivity contribution in [1.29, 1.82) is 0 Å². The number of benzene rings is 2. The molecular formula is C16H10Br2O2. The molecule has 0 N–H and O–H groups in total. The summed E-state index contributed by atoms with van der Waals surface area (Å²) in [6.07, 6.45) is 0. The summed E-state index contributed by atoms with van der Waals surface area (Å²) in [6, 6.07) is 16.7. The minimum atomic E-state index is -0.0233. The van der Waals surface area contributed by atoms with Crippen molar-refractivity contribution in [1.82, 2.24) is 0 Å². The van der Waals surface area contributed by atoms with Gasteiger partial charge in [0.1, 0.15) is 11.3 Å². The molecular weight excluding hydrogens is 384 g/mol. The molecule has 0 spiro atoms. The Labute approximate surface area is 132 Å². The van der Waals surface area contributed by atoms with E-state index in [2.05, 4.69) is 31.9 Å². The summed E-state index contributed by atoms with van der Waals surface area (Å²) in [6.45, 7) is 0. The molecule has 0 aliphatic carbocycles. The Hall–Kier alpha value is -1.39. The van der Waals surface area contributed by atoms with E-state index in [-0.39, 0.29) is 9.17 Å². The Morgan fingerprint density at radius 1 is 0.950 bits per heavy atom. The number of hydrogen-bond donors (Lipinski definition) is 0. The standard InChI is InChI=1S/C16H10Br2O2/c17-16(18)11-7-5-10(6-8-11)15-9-13(19)12-3-1-2-4-14(12)20-15/h1-9,16H. The van der Waals surface area contributed by atoms with Crippen LogP contribution in [-0.4, -0.2) is 0 Å². The highest BCUT2D eigenvalue weighted by molar-refractivity contribution is 9.24. The molecule has 0 atom stereocenters. The number of alkyl halides is 2. The van der Waals surface area contributed by atoms with Crippen LogP contribution in [-0.2, 0) is 0 Å². The quantitative estimate of drug-likeness (QED) is 0.556. The minimum Gasteiger partial charge on any atom is -0.456 e. The molecule has 0 unspecified atom stereocenters. The summed E-state index contributed by atoms with van der Waals surface area (Å²) in [5.41, 5.74) is 2.58. The fraction of sp³-hybridized carbons (Fsp3) is 0.0625.